The molecule has 1 atom stereocenters. The molecule has 1 aromatic rings. The van der Waals surface area contributed by atoms with Crippen molar-refractivity contribution in [2.24, 2.45) is 11.8 Å². The number of likely N-dealkylation sites (tertiary alicyclic amines) is 1. The summed E-state index contributed by atoms with van der Waals surface area (Å²) in [6.45, 7) is 7.06. The Morgan fingerprint density at radius 3 is 2.70 bits per heavy atom. The number of ether oxygens (including phenoxy) is 1. The summed E-state index contributed by atoms with van der Waals surface area (Å²) in [7, 11) is 1.81. The highest BCUT2D eigenvalue weighted by Crippen LogP contribution is 2.39. The van der Waals surface area contributed by atoms with Gasteiger partial charge in [-0.2, -0.15) is 0 Å². The van der Waals surface area contributed by atoms with Gasteiger partial charge in [0.25, 0.3) is 0 Å². The molecule has 2 fully saturated rings. The summed E-state index contributed by atoms with van der Waals surface area (Å²) in [5.41, 5.74) is 2.72. The van der Waals surface area contributed by atoms with Crippen LogP contribution in [0.2, 0.25) is 0 Å². The summed E-state index contributed by atoms with van der Waals surface area (Å²) in [6, 6.07) is 0.508. The van der Waals surface area contributed by atoms with Gasteiger partial charge in [0.1, 0.15) is 0 Å². The average Bonchev–Trinajstić information content (AvgIpc) is 3.18. The van der Waals surface area contributed by atoms with Crippen molar-refractivity contribution in [1.29, 1.82) is 0 Å². The van der Waals surface area contributed by atoms with Gasteiger partial charge in [0.15, 0.2) is 0 Å². The molecule has 1 saturated carbocycles. The lowest BCUT2D eigenvalue weighted by atomic mass is 9.83. The van der Waals surface area contributed by atoms with Crippen LogP contribution in [0.5, 0.6) is 0 Å². The normalized spacial score (nSPS) is 26.3. The van der Waals surface area contributed by atoms with E-state index in [1.165, 1.54) is 76.0 Å². The first-order valence-electron chi connectivity index (χ1n) is 11.3. The fourth-order valence-corrected chi connectivity index (χ4v) is 5.72. The zero-order valence-corrected chi connectivity index (χ0v) is 17.2. The number of piperidine rings is 1. The van der Waals surface area contributed by atoms with Crippen molar-refractivity contribution < 1.29 is 4.74 Å². The molecule has 1 unspecified atom stereocenters. The number of aromatic nitrogens is 2. The van der Waals surface area contributed by atoms with E-state index in [4.69, 9.17) is 9.72 Å². The Labute approximate surface area is 164 Å². The van der Waals surface area contributed by atoms with Crippen LogP contribution in [0.4, 0.5) is 0 Å². The molecule has 1 N–H and O–H groups in total. The molecule has 3 aliphatic rings. The van der Waals surface area contributed by atoms with Crippen LogP contribution in [-0.2, 0) is 11.2 Å². The Balaban J connectivity index is 1.35. The first-order chi connectivity index (χ1) is 13.3. The largest absolute Gasteiger partial charge is 0.385 e. The summed E-state index contributed by atoms with van der Waals surface area (Å²) in [6.07, 6.45) is 14.1. The van der Waals surface area contributed by atoms with Crippen molar-refractivity contribution in [3.05, 3.63) is 17.7 Å². The third-order valence-corrected chi connectivity index (χ3v) is 7.19. The van der Waals surface area contributed by atoms with Crippen LogP contribution in [0.25, 0.3) is 0 Å². The van der Waals surface area contributed by atoms with E-state index >= 15 is 0 Å². The van der Waals surface area contributed by atoms with Gasteiger partial charge in [-0.1, -0.05) is 19.3 Å². The molecule has 152 valence electrons. The van der Waals surface area contributed by atoms with Crippen LogP contribution in [0, 0.1) is 11.8 Å². The fraction of sp³-hybridized carbons (Fsp3) is 0.864. The van der Waals surface area contributed by atoms with E-state index in [9.17, 15) is 0 Å². The van der Waals surface area contributed by atoms with E-state index in [1.807, 2.05) is 13.4 Å². The number of nitrogens with one attached hydrogen (secondary N) is 1. The van der Waals surface area contributed by atoms with E-state index in [0.717, 1.165) is 44.4 Å². The minimum absolute atomic E-state index is 0.508. The van der Waals surface area contributed by atoms with E-state index in [2.05, 4.69) is 14.8 Å². The van der Waals surface area contributed by atoms with Crippen molar-refractivity contribution in [3.8, 4) is 0 Å². The summed E-state index contributed by atoms with van der Waals surface area (Å²) in [4.78, 5) is 13.6. The van der Waals surface area contributed by atoms with E-state index < -0.39 is 0 Å². The predicted octanol–water partition coefficient (Wildman–Crippen LogP) is 3.64. The summed E-state index contributed by atoms with van der Waals surface area (Å²) in [5.74, 6) is 1.71. The summed E-state index contributed by atoms with van der Waals surface area (Å²) >= 11 is 0. The van der Waals surface area contributed by atoms with Crippen molar-refractivity contribution in [2.45, 2.75) is 63.8 Å². The Morgan fingerprint density at radius 2 is 1.93 bits per heavy atom. The smallest absolute Gasteiger partial charge is 0.0925 e. The second kappa shape index (κ2) is 9.53. The third kappa shape index (κ3) is 4.75. The number of hydrogen-bond donors (Lipinski definition) is 1. The highest BCUT2D eigenvalue weighted by atomic mass is 16.5. The lowest BCUT2D eigenvalue weighted by Gasteiger charge is -2.43. The van der Waals surface area contributed by atoms with Gasteiger partial charge in [0.05, 0.1) is 18.1 Å². The Hall–Kier alpha value is -0.910. The minimum Gasteiger partial charge on any atom is -0.385 e. The molecule has 2 aliphatic heterocycles. The highest BCUT2D eigenvalue weighted by molar-refractivity contribution is 5.21. The minimum atomic E-state index is 0.508. The molecule has 0 aromatic carbocycles. The molecule has 5 heteroatoms. The monoisotopic (exact) mass is 374 g/mol. The number of H-pyrrole nitrogens is 1. The van der Waals surface area contributed by atoms with E-state index in [-0.39, 0.29) is 0 Å². The lowest BCUT2D eigenvalue weighted by Crippen LogP contribution is -2.45. The molecule has 5 nitrogen and oxygen atoms in total. The standard InChI is InChI=1S/C22H38N4O/c1-27-15-5-11-26-14-10-20-21(24-17-23-20)22(26)19-8-12-25(13-9-19)16-18-6-3-2-4-7-18/h17-19,22H,2-16H2,1H3,(H,23,24). The average molecular weight is 375 g/mol. The van der Waals surface area contributed by atoms with Crippen molar-refractivity contribution >= 4 is 0 Å². The molecule has 1 aromatic heterocycles. The highest BCUT2D eigenvalue weighted by Gasteiger charge is 2.37. The third-order valence-electron chi connectivity index (χ3n) is 7.19. The Morgan fingerprint density at radius 1 is 1.11 bits per heavy atom. The maximum Gasteiger partial charge on any atom is 0.0925 e. The van der Waals surface area contributed by atoms with Gasteiger partial charge in [-0.05, 0) is 57.0 Å². The molecular formula is C22H38N4O. The number of imidazole rings is 1. The molecular weight excluding hydrogens is 336 g/mol. The van der Waals surface area contributed by atoms with Crippen molar-refractivity contribution in [1.82, 2.24) is 19.8 Å². The van der Waals surface area contributed by atoms with Gasteiger partial charge in [0, 0.05) is 45.5 Å². The Bertz CT molecular complexity index is 560. The van der Waals surface area contributed by atoms with E-state index in [1.54, 1.807) is 0 Å². The molecule has 0 bridgehead atoms. The van der Waals surface area contributed by atoms with Crippen LogP contribution in [-0.4, -0.2) is 66.2 Å². The summed E-state index contributed by atoms with van der Waals surface area (Å²) in [5, 5.41) is 0. The Kier molecular flexibility index (Phi) is 6.85. The molecule has 3 heterocycles. The van der Waals surface area contributed by atoms with Crippen LogP contribution in [0.3, 0.4) is 0 Å². The van der Waals surface area contributed by atoms with Gasteiger partial charge < -0.3 is 14.6 Å². The molecule has 1 aliphatic carbocycles. The second-order valence-electron chi connectivity index (χ2n) is 8.99. The summed E-state index contributed by atoms with van der Waals surface area (Å²) < 4.78 is 5.30. The predicted molar refractivity (Wildman–Crippen MR) is 109 cm³/mol. The number of aromatic amines is 1. The fourth-order valence-electron chi connectivity index (χ4n) is 5.72. The van der Waals surface area contributed by atoms with Crippen LogP contribution in [0.15, 0.2) is 6.33 Å². The maximum absolute atomic E-state index is 5.30. The van der Waals surface area contributed by atoms with Gasteiger partial charge >= 0.3 is 0 Å². The van der Waals surface area contributed by atoms with E-state index in [0.29, 0.717) is 6.04 Å². The van der Waals surface area contributed by atoms with Gasteiger partial charge in [-0.25, -0.2) is 4.98 Å². The molecule has 0 radical (unpaired) electrons. The zero-order chi connectivity index (χ0) is 18.5. The molecule has 0 amide bonds. The van der Waals surface area contributed by atoms with Crippen LogP contribution < -0.4 is 0 Å². The number of rotatable bonds is 7. The molecule has 0 spiro atoms. The number of hydrogen-bond acceptors (Lipinski definition) is 4. The second-order valence-corrected chi connectivity index (χ2v) is 8.99. The first kappa shape index (κ1) is 19.4. The molecule has 4 rings (SSSR count). The number of fused-ring (bicyclic) bond motifs is 1. The zero-order valence-electron chi connectivity index (χ0n) is 17.2. The van der Waals surface area contributed by atoms with Crippen molar-refractivity contribution in [3.63, 3.8) is 0 Å². The molecule has 1 saturated heterocycles. The van der Waals surface area contributed by atoms with Crippen molar-refractivity contribution in [2.75, 3.05) is 46.4 Å². The maximum atomic E-state index is 5.30. The van der Waals surface area contributed by atoms with Crippen LogP contribution in [0.1, 0.15) is 68.8 Å². The number of methoxy groups -OCH3 is 1. The lowest BCUT2D eigenvalue weighted by molar-refractivity contribution is 0.0620. The first-order valence-corrected chi connectivity index (χ1v) is 11.3. The topological polar surface area (TPSA) is 44.4 Å². The molecule has 27 heavy (non-hydrogen) atoms. The van der Waals surface area contributed by atoms with Crippen LogP contribution >= 0.6 is 0 Å². The SMILES string of the molecule is COCCCN1CCc2[nH]cnc2C1C1CCN(CC2CCCCC2)CC1. The number of nitrogens with zero attached hydrogens (tertiary/aromatic N) is 3. The van der Waals surface area contributed by atoms with Gasteiger partial charge in [-0.3, -0.25) is 4.90 Å². The van der Waals surface area contributed by atoms with Gasteiger partial charge in [-0.15, -0.1) is 0 Å². The van der Waals surface area contributed by atoms with Gasteiger partial charge in [0.2, 0.25) is 0 Å². The quantitative estimate of drug-likeness (QED) is 0.740.